The second kappa shape index (κ2) is 4.43. The van der Waals surface area contributed by atoms with Crippen LogP contribution >= 0.6 is 0 Å². The Balaban J connectivity index is 2.30. The van der Waals surface area contributed by atoms with E-state index >= 15 is 0 Å². The van der Waals surface area contributed by atoms with Crippen LogP contribution in [0.3, 0.4) is 0 Å². The highest BCUT2D eigenvalue weighted by molar-refractivity contribution is 4.87. The lowest BCUT2D eigenvalue weighted by atomic mass is 9.80. The molecule has 0 radical (unpaired) electrons. The Morgan fingerprint density at radius 3 is 2.31 bits per heavy atom. The highest BCUT2D eigenvalue weighted by Crippen LogP contribution is 2.30. The van der Waals surface area contributed by atoms with E-state index in [1.54, 1.807) is 0 Å². The first-order valence-electron chi connectivity index (χ1n) is 5.54. The predicted octanol–water partition coefficient (Wildman–Crippen LogP) is 2.07. The second-order valence-electron chi connectivity index (χ2n) is 4.67. The Labute approximate surface area is 81.7 Å². The van der Waals surface area contributed by atoms with Crippen LogP contribution in [0.2, 0.25) is 0 Å². The van der Waals surface area contributed by atoms with E-state index in [2.05, 4.69) is 26.1 Å². The molecule has 1 rings (SSSR count). The Morgan fingerprint density at radius 1 is 1.38 bits per heavy atom. The van der Waals surface area contributed by atoms with E-state index in [1.165, 1.54) is 0 Å². The van der Waals surface area contributed by atoms with Gasteiger partial charge in [-0.3, -0.25) is 0 Å². The average Bonchev–Trinajstić information content (AvgIpc) is 2.09. The highest BCUT2D eigenvalue weighted by atomic mass is 16.3. The predicted molar refractivity (Wildman–Crippen MR) is 55.8 cm³/mol. The molecule has 0 aromatic heterocycles. The van der Waals surface area contributed by atoms with Crippen LogP contribution in [0.25, 0.3) is 0 Å². The maximum atomic E-state index is 10.0. The van der Waals surface area contributed by atoms with E-state index in [0.29, 0.717) is 12.1 Å². The van der Waals surface area contributed by atoms with Crippen molar-refractivity contribution in [2.24, 2.45) is 0 Å². The lowest BCUT2D eigenvalue weighted by molar-refractivity contribution is -0.00745. The van der Waals surface area contributed by atoms with Crippen molar-refractivity contribution in [2.75, 3.05) is 0 Å². The van der Waals surface area contributed by atoms with E-state index in [9.17, 15) is 5.11 Å². The van der Waals surface area contributed by atoms with E-state index in [1.807, 2.05) is 0 Å². The lowest BCUT2D eigenvalue weighted by Gasteiger charge is -2.36. The number of rotatable bonds is 3. The summed E-state index contributed by atoms with van der Waals surface area (Å²) in [6, 6.07) is 1.20. The fourth-order valence-corrected chi connectivity index (χ4v) is 2.15. The van der Waals surface area contributed by atoms with E-state index < -0.39 is 0 Å². The van der Waals surface area contributed by atoms with Gasteiger partial charge in [-0.2, -0.15) is 0 Å². The molecule has 1 fully saturated rings. The number of hydrogen-bond donors (Lipinski definition) is 2. The van der Waals surface area contributed by atoms with Crippen LogP contribution in [0.1, 0.15) is 52.9 Å². The number of hydrogen-bond acceptors (Lipinski definition) is 2. The van der Waals surface area contributed by atoms with Gasteiger partial charge in [0.15, 0.2) is 0 Å². The first-order chi connectivity index (χ1) is 6.06. The van der Waals surface area contributed by atoms with Gasteiger partial charge >= 0.3 is 0 Å². The van der Waals surface area contributed by atoms with Crippen molar-refractivity contribution >= 4 is 0 Å². The molecule has 0 atom stereocenters. The minimum Gasteiger partial charge on any atom is -0.390 e. The Morgan fingerprint density at radius 2 is 1.92 bits per heavy atom. The van der Waals surface area contributed by atoms with Crippen molar-refractivity contribution in [3.05, 3.63) is 0 Å². The third-order valence-electron chi connectivity index (χ3n) is 3.14. The van der Waals surface area contributed by atoms with Crippen LogP contribution in [0.4, 0.5) is 0 Å². The maximum absolute atomic E-state index is 10.0. The molecule has 78 valence electrons. The van der Waals surface area contributed by atoms with Gasteiger partial charge in [0.2, 0.25) is 0 Å². The van der Waals surface area contributed by atoms with Crippen LogP contribution in [0, 0.1) is 0 Å². The standard InChI is InChI=1S/C11H23NO/c1-4-11(13)7-5-10(6-8-11)12-9(2)3/h9-10,12-13H,4-8H2,1-3H3/t10-,11+. The van der Waals surface area contributed by atoms with Gasteiger partial charge in [0, 0.05) is 12.1 Å². The third kappa shape index (κ3) is 3.28. The number of aliphatic hydroxyl groups is 1. The molecule has 1 saturated carbocycles. The molecule has 1 aliphatic carbocycles. The van der Waals surface area contributed by atoms with Crippen LogP contribution in [0.5, 0.6) is 0 Å². The summed E-state index contributed by atoms with van der Waals surface area (Å²) in [7, 11) is 0. The molecule has 2 nitrogen and oxygen atoms in total. The van der Waals surface area contributed by atoms with Crippen LogP contribution in [-0.2, 0) is 0 Å². The van der Waals surface area contributed by atoms with Gasteiger partial charge in [0.25, 0.3) is 0 Å². The fourth-order valence-electron chi connectivity index (χ4n) is 2.15. The van der Waals surface area contributed by atoms with Gasteiger partial charge < -0.3 is 10.4 Å². The van der Waals surface area contributed by atoms with E-state index in [4.69, 9.17) is 0 Å². The summed E-state index contributed by atoms with van der Waals surface area (Å²) >= 11 is 0. The highest BCUT2D eigenvalue weighted by Gasteiger charge is 2.31. The molecule has 0 bridgehead atoms. The van der Waals surface area contributed by atoms with Crippen molar-refractivity contribution in [3.63, 3.8) is 0 Å². The summed E-state index contributed by atoms with van der Waals surface area (Å²) in [5.41, 5.74) is -0.352. The zero-order chi connectivity index (χ0) is 9.90. The van der Waals surface area contributed by atoms with Crippen molar-refractivity contribution in [3.8, 4) is 0 Å². The maximum Gasteiger partial charge on any atom is 0.0646 e. The monoisotopic (exact) mass is 185 g/mol. The molecule has 0 aliphatic heterocycles. The SMILES string of the molecule is CC[C@]1(O)CC[C@@H](NC(C)C)CC1. The summed E-state index contributed by atoms with van der Waals surface area (Å²) in [6.07, 6.45) is 5.09. The molecule has 0 aromatic rings. The largest absolute Gasteiger partial charge is 0.390 e. The quantitative estimate of drug-likeness (QED) is 0.705. The van der Waals surface area contributed by atoms with Crippen molar-refractivity contribution < 1.29 is 5.11 Å². The smallest absolute Gasteiger partial charge is 0.0646 e. The Kier molecular flexibility index (Phi) is 3.74. The first-order valence-corrected chi connectivity index (χ1v) is 5.54. The molecule has 13 heavy (non-hydrogen) atoms. The van der Waals surface area contributed by atoms with Crippen LogP contribution < -0.4 is 5.32 Å². The molecule has 0 aromatic carbocycles. The Bertz CT molecular complexity index is 148. The molecule has 2 N–H and O–H groups in total. The van der Waals surface area contributed by atoms with E-state index in [0.717, 1.165) is 32.1 Å². The minimum absolute atomic E-state index is 0.352. The summed E-state index contributed by atoms with van der Waals surface area (Å²) in [5.74, 6) is 0. The minimum atomic E-state index is -0.352. The summed E-state index contributed by atoms with van der Waals surface area (Å²) in [5, 5.41) is 13.5. The molecule has 0 spiro atoms. The topological polar surface area (TPSA) is 32.3 Å². The van der Waals surface area contributed by atoms with Gasteiger partial charge in [0.1, 0.15) is 0 Å². The molecular weight excluding hydrogens is 162 g/mol. The van der Waals surface area contributed by atoms with Crippen molar-refractivity contribution in [1.29, 1.82) is 0 Å². The molecular formula is C11H23NO. The normalized spacial score (nSPS) is 35.3. The average molecular weight is 185 g/mol. The lowest BCUT2D eigenvalue weighted by Crippen LogP contribution is -2.43. The summed E-state index contributed by atoms with van der Waals surface area (Å²) < 4.78 is 0. The molecule has 0 heterocycles. The zero-order valence-corrected chi connectivity index (χ0v) is 9.14. The summed E-state index contributed by atoms with van der Waals surface area (Å²) in [4.78, 5) is 0. The Hall–Kier alpha value is -0.0800. The van der Waals surface area contributed by atoms with Crippen molar-refractivity contribution in [2.45, 2.75) is 70.6 Å². The molecule has 2 heteroatoms. The first kappa shape index (κ1) is 11.0. The fraction of sp³-hybridized carbons (Fsp3) is 1.00. The van der Waals surface area contributed by atoms with Crippen LogP contribution in [0.15, 0.2) is 0 Å². The third-order valence-corrected chi connectivity index (χ3v) is 3.14. The van der Waals surface area contributed by atoms with Gasteiger partial charge in [-0.25, -0.2) is 0 Å². The van der Waals surface area contributed by atoms with E-state index in [-0.39, 0.29) is 5.60 Å². The summed E-state index contributed by atoms with van der Waals surface area (Å²) in [6.45, 7) is 6.44. The molecule has 0 saturated heterocycles. The van der Waals surface area contributed by atoms with Gasteiger partial charge in [-0.15, -0.1) is 0 Å². The van der Waals surface area contributed by atoms with Gasteiger partial charge in [-0.1, -0.05) is 20.8 Å². The zero-order valence-electron chi connectivity index (χ0n) is 9.14. The number of nitrogens with one attached hydrogen (secondary N) is 1. The molecule has 1 aliphatic rings. The molecule has 0 amide bonds. The van der Waals surface area contributed by atoms with Gasteiger partial charge in [-0.05, 0) is 32.1 Å². The van der Waals surface area contributed by atoms with Crippen LogP contribution in [-0.4, -0.2) is 22.8 Å². The molecule has 0 unspecified atom stereocenters. The second-order valence-corrected chi connectivity index (χ2v) is 4.67. The van der Waals surface area contributed by atoms with Gasteiger partial charge in [0.05, 0.1) is 5.60 Å². The van der Waals surface area contributed by atoms with Crippen molar-refractivity contribution in [1.82, 2.24) is 5.32 Å².